The van der Waals surface area contributed by atoms with Crippen LogP contribution in [0.4, 0.5) is 9.59 Å². The number of pyridine rings is 6. The van der Waals surface area contributed by atoms with Gasteiger partial charge in [0.25, 0.3) is 11.8 Å². The van der Waals surface area contributed by atoms with Crippen LogP contribution in [0.1, 0.15) is 210 Å². The number of carboxylic acid groups (broad SMARTS) is 1. The highest BCUT2D eigenvalue weighted by Crippen LogP contribution is 2.41. The van der Waals surface area contributed by atoms with Gasteiger partial charge in [0.15, 0.2) is 0 Å². The fourth-order valence-corrected chi connectivity index (χ4v) is 14.0. The Hall–Kier alpha value is -10.7. The molecule has 1 saturated carbocycles. The van der Waals surface area contributed by atoms with Gasteiger partial charge < -0.3 is 45.0 Å². The minimum absolute atomic E-state index is 0. The maximum atomic E-state index is 13.3. The number of ether oxygens (including phenoxy) is 2. The predicted octanol–water partition coefficient (Wildman–Crippen LogP) is 16.0. The Bertz CT molecular complexity index is 4250. The number of likely N-dealkylation sites (tertiary alicyclic amines) is 2. The summed E-state index contributed by atoms with van der Waals surface area (Å²) in [7, 11) is 5.51. The average molecular weight is 1520 g/mol. The molecule has 0 spiro atoms. The maximum absolute atomic E-state index is 13.3. The van der Waals surface area contributed by atoms with Gasteiger partial charge in [0.05, 0.1) is 23.8 Å². The zero-order chi connectivity index (χ0) is 77.3. The number of rotatable bonds is 21. The minimum Gasteiger partial charge on any atom is -0.478 e. The molecule has 3 aromatic carbocycles. The van der Waals surface area contributed by atoms with Crippen molar-refractivity contribution in [1.29, 1.82) is 0 Å². The largest absolute Gasteiger partial charge is 0.478 e. The first kappa shape index (κ1) is 89.2. The van der Waals surface area contributed by atoms with Crippen molar-refractivity contribution < 1.29 is 55.3 Å². The van der Waals surface area contributed by atoms with E-state index in [0.717, 1.165) is 66.5 Å². The third-order valence-corrected chi connectivity index (χ3v) is 19.3. The molecule has 111 heavy (non-hydrogen) atoms. The van der Waals surface area contributed by atoms with Crippen LogP contribution in [0.15, 0.2) is 220 Å². The fourth-order valence-electron chi connectivity index (χ4n) is 14.0. The minimum atomic E-state index is -0.975. The lowest BCUT2D eigenvalue weighted by Crippen LogP contribution is -2.47. The third-order valence-electron chi connectivity index (χ3n) is 19.3. The molecule has 2 aliphatic heterocycles. The van der Waals surface area contributed by atoms with Gasteiger partial charge in [0, 0.05) is 144 Å². The summed E-state index contributed by atoms with van der Waals surface area (Å²) in [4.78, 5) is 94.3. The van der Waals surface area contributed by atoms with Crippen LogP contribution in [0, 0.1) is 11.8 Å². The second kappa shape index (κ2) is 43.1. The fraction of sp³-hybridized carbons (Fsp3) is 0.404. The molecule has 3 fully saturated rings. The van der Waals surface area contributed by atoms with Gasteiger partial charge in [-0.3, -0.25) is 49.3 Å². The van der Waals surface area contributed by atoms with Crippen LogP contribution in [0.2, 0.25) is 0 Å². The van der Waals surface area contributed by atoms with Crippen molar-refractivity contribution in [2.24, 2.45) is 11.8 Å². The number of nitrogens with zero attached hydrogens (tertiary/aromatic N) is 10. The van der Waals surface area contributed by atoms with Crippen LogP contribution in [0.25, 0.3) is 0 Å². The molecule has 5 N–H and O–H groups in total. The molecule has 594 valence electrons. The smallest absolute Gasteiger partial charge is 0.410 e. The maximum Gasteiger partial charge on any atom is 0.410 e. The highest BCUT2D eigenvalue weighted by Gasteiger charge is 2.45. The number of amides is 4. The van der Waals surface area contributed by atoms with Crippen LogP contribution in [-0.2, 0) is 48.4 Å². The van der Waals surface area contributed by atoms with E-state index in [1.807, 2.05) is 153 Å². The van der Waals surface area contributed by atoms with Gasteiger partial charge in [-0.25, -0.2) is 14.4 Å². The number of carboxylic acids is 1. The first-order chi connectivity index (χ1) is 51.8. The van der Waals surface area contributed by atoms with E-state index in [1.54, 1.807) is 137 Å². The van der Waals surface area contributed by atoms with Crippen molar-refractivity contribution in [3.63, 3.8) is 0 Å². The van der Waals surface area contributed by atoms with Gasteiger partial charge in [-0.15, -0.1) is 0 Å². The van der Waals surface area contributed by atoms with E-state index in [2.05, 4.69) is 47.4 Å². The summed E-state index contributed by atoms with van der Waals surface area (Å²) in [5, 5.41) is 44.9. The molecule has 3 aliphatic rings. The molecule has 8 heterocycles. The highest BCUT2D eigenvalue weighted by atomic mass is 16.6. The number of carbonyl (C=O) groups excluding carboxylic acids is 4. The molecule has 6 aromatic heterocycles. The second-order valence-corrected chi connectivity index (χ2v) is 29.9. The molecule has 4 amide bonds. The number of aliphatic hydroxyl groups excluding tert-OH is 3. The number of carbonyl (C=O) groups is 5. The summed E-state index contributed by atoms with van der Waals surface area (Å²) in [6.07, 6.45) is 25.6. The SMILES string of the molecule is C.C.C.CC(C)(C)OC(=O)N1[C@H](Cc2ccc(C(=O)O)cc2)CC[C@@H]1[C@H](O)c1cccnc1.CN(Cc1cccnc1)C(=O)c1ccc(C[C@@H]2CC[C@H]([C@H](O)c3cccnc3)C2)cc1.CN(Cc1cccnc1)C(=O)c1ccc(C[C@@H]2CC[C@H]([C@H](O)c3cccnc3)N2C(=O)OC(C)(C)C)cc1.CNCc1cccnc1.[HH]. The van der Waals surface area contributed by atoms with E-state index in [-0.39, 0.29) is 59.1 Å². The summed E-state index contributed by atoms with van der Waals surface area (Å²) in [6, 6.07) is 43.6. The Morgan fingerprint density at radius 1 is 0.450 bits per heavy atom. The third kappa shape index (κ3) is 26.8. The molecule has 0 bridgehead atoms. The van der Waals surface area contributed by atoms with Crippen molar-refractivity contribution in [1.82, 2.24) is 54.8 Å². The summed E-state index contributed by atoms with van der Waals surface area (Å²) in [5.74, 6) is -0.188. The Kier molecular flexibility index (Phi) is 34.6. The van der Waals surface area contributed by atoms with Gasteiger partial charge in [0.2, 0.25) is 0 Å². The van der Waals surface area contributed by atoms with Crippen molar-refractivity contribution in [2.45, 2.75) is 201 Å². The number of nitrogens with one attached hydrogen (secondary N) is 1. The molecular formula is C89H117N11O11. The number of aromatic carboxylic acids is 1. The van der Waals surface area contributed by atoms with E-state index in [4.69, 9.17) is 14.6 Å². The number of benzene rings is 3. The number of aromatic nitrogens is 6. The van der Waals surface area contributed by atoms with Gasteiger partial charge in [-0.2, -0.15) is 0 Å². The molecule has 9 atom stereocenters. The quantitative estimate of drug-likeness (QED) is 0.0447. The van der Waals surface area contributed by atoms with Crippen molar-refractivity contribution in [3.05, 3.63) is 287 Å². The van der Waals surface area contributed by atoms with E-state index >= 15 is 0 Å². The number of aliphatic hydroxyl groups is 3. The lowest BCUT2D eigenvalue weighted by Gasteiger charge is -2.34. The molecule has 1 aliphatic carbocycles. The normalized spacial score (nSPS) is 17.8. The van der Waals surface area contributed by atoms with E-state index in [9.17, 15) is 39.3 Å². The standard InChI is InChI=1S/C30H36N4O4.C26H29N3O2.C23H28N2O5.C7H10N2.3CH4.H2/c1-30(2,3)38-29(37)34-25(13-14-26(34)27(35)24-8-6-16-32-19-24)17-21-9-11-23(12-10-21)28(36)33(4)20-22-7-5-15-31-18-22;1-29(18-21-4-2-12-27-16-21)26(31)22-9-6-19(7-10-22)14-20-8-11-23(15-20)25(30)24-5-3-13-28-17-24;1-23(2,3)30-22(29)25-18(13-15-6-8-16(9-7-15)21(27)28)10-11-19(25)20(26)17-5-4-12-24-14-17;1-8-5-7-3-2-4-9-6-7;;;;/h5-12,15-16,18-19,25-27,35H,13-14,17,20H2,1-4H3;2-7,9-10,12-13,16-17,20,23,25,30H,8,11,14-15,18H2,1H3;4-9,12,14,18-20,26H,10-11,13H2,1-3H3,(H,27,28);2-4,6,8H,5H2,1H3;3*1H4;1H/t25-,26+,27+;20-,23-,25-;18-,19+,20+;;;;;/m000...../s1. The Morgan fingerprint density at radius 2 is 0.793 bits per heavy atom. The molecule has 2 saturated heterocycles. The molecule has 0 unspecified atom stereocenters. The number of hydrogen-bond donors (Lipinski definition) is 5. The molecule has 9 aromatic rings. The summed E-state index contributed by atoms with van der Waals surface area (Å²) < 4.78 is 11.4. The summed E-state index contributed by atoms with van der Waals surface area (Å²) >= 11 is 0. The van der Waals surface area contributed by atoms with Crippen LogP contribution >= 0.6 is 0 Å². The van der Waals surface area contributed by atoms with E-state index in [1.165, 1.54) is 11.1 Å². The predicted molar refractivity (Wildman–Crippen MR) is 435 cm³/mol. The topological polar surface area (TPSA) is 287 Å². The van der Waals surface area contributed by atoms with Crippen LogP contribution in [0.3, 0.4) is 0 Å². The Labute approximate surface area is 657 Å². The first-order valence-electron chi connectivity index (χ1n) is 36.9. The highest BCUT2D eigenvalue weighted by molar-refractivity contribution is 5.94. The van der Waals surface area contributed by atoms with Crippen LogP contribution in [0.5, 0.6) is 0 Å². The van der Waals surface area contributed by atoms with E-state index < -0.39 is 59.8 Å². The van der Waals surface area contributed by atoms with Crippen LogP contribution in [-0.4, -0.2) is 156 Å². The Balaban J connectivity index is 0.000000281. The van der Waals surface area contributed by atoms with Crippen LogP contribution < -0.4 is 5.32 Å². The molecular weight excluding hydrogens is 1400 g/mol. The van der Waals surface area contributed by atoms with Crippen molar-refractivity contribution in [2.75, 3.05) is 21.1 Å². The zero-order valence-electron chi connectivity index (χ0n) is 63.3. The molecule has 22 heteroatoms. The van der Waals surface area contributed by atoms with E-state index in [0.29, 0.717) is 73.4 Å². The molecule has 12 rings (SSSR count). The first-order valence-corrected chi connectivity index (χ1v) is 36.9. The lowest BCUT2D eigenvalue weighted by atomic mass is 9.92. The average Bonchev–Trinajstić information content (AvgIpc) is 1.65. The molecule has 22 nitrogen and oxygen atoms in total. The van der Waals surface area contributed by atoms with Crippen molar-refractivity contribution >= 4 is 30.0 Å². The summed E-state index contributed by atoms with van der Waals surface area (Å²) in [6.45, 7) is 12.9. The van der Waals surface area contributed by atoms with Gasteiger partial charge in [-0.05, 0) is 236 Å². The van der Waals surface area contributed by atoms with Crippen molar-refractivity contribution in [3.8, 4) is 0 Å². The Morgan fingerprint density at radius 3 is 1.13 bits per heavy atom. The second-order valence-electron chi connectivity index (χ2n) is 29.9. The van der Waals surface area contributed by atoms with Gasteiger partial charge in [-0.1, -0.05) is 95.1 Å². The molecule has 0 radical (unpaired) electrons. The lowest BCUT2D eigenvalue weighted by molar-refractivity contribution is -0.00520. The number of hydrogen-bond acceptors (Lipinski definition) is 17. The zero-order valence-corrected chi connectivity index (χ0v) is 63.3. The van der Waals surface area contributed by atoms with Gasteiger partial charge >= 0.3 is 18.2 Å². The monoisotopic (exact) mass is 1520 g/mol. The van der Waals surface area contributed by atoms with Gasteiger partial charge in [0.1, 0.15) is 23.4 Å². The summed E-state index contributed by atoms with van der Waals surface area (Å²) in [5.41, 5.74) is 8.82.